The third kappa shape index (κ3) is 3.49. The number of methoxy groups -OCH3 is 1. The summed E-state index contributed by atoms with van der Waals surface area (Å²) in [5.74, 6) is -2.75. The van der Waals surface area contributed by atoms with Crippen LogP contribution >= 0.6 is 0 Å². The molecule has 1 saturated carbocycles. The first-order chi connectivity index (χ1) is 15.7. The van der Waals surface area contributed by atoms with E-state index in [1.54, 1.807) is 30.4 Å². The molecule has 1 aromatic heterocycles. The van der Waals surface area contributed by atoms with Gasteiger partial charge in [-0.3, -0.25) is 14.3 Å². The summed E-state index contributed by atoms with van der Waals surface area (Å²) in [5, 5.41) is 17.1. The zero-order chi connectivity index (χ0) is 23.9. The van der Waals surface area contributed by atoms with E-state index in [0.717, 1.165) is 0 Å². The first kappa shape index (κ1) is 22.0. The molecule has 3 aromatic rings. The Hall–Kier alpha value is -4.21. The number of hydrogen-bond donors (Lipinski definition) is 3. The molecular weight excluding hydrogens is 431 g/mol. The number of benzene rings is 2. The van der Waals surface area contributed by atoms with Gasteiger partial charge in [0.15, 0.2) is 5.41 Å². The van der Waals surface area contributed by atoms with Gasteiger partial charge in [-0.25, -0.2) is 9.18 Å². The number of rotatable bonds is 7. The molecule has 1 aliphatic rings. The van der Waals surface area contributed by atoms with Crippen molar-refractivity contribution in [2.75, 3.05) is 14.2 Å². The highest BCUT2D eigenvalue weighted by molar-refractivity contribution is 6.09. The summed E-state index contributed by atoms with van der Waals surface area (Å²) in [6.07, 6.45) is 3.47. The Labute approximate surface area is 187 Å². The number of hydrogen-bond acceptors (Lipinski definition) is 5. The van der Waals surface area contributed by atoms with Gasteiger partial charge >= 0.3 is 5.97 Å². The second-order valence-electron chi connectivity index (χ2n) is 7.69. The van der Waals surface area contributed by atoms with Gasteiger partial charge < -0.3 is 20.9 Å². The van der Waals surface area contributed by atoms with E-state index in [1.807, 2.05) is 0 Å². The van der Waals surface area contributed by atoms with Crippen LogP contribution in [0.3, 0.4) is 0 Å². The Morgan fingerprint density at radius 1 is 1.24 bits per heavy atom. The summed E-state index contributed by atoms with van der Waals surface area (Å²) in [7, 11) is 2.77. The van der Waals surface area contributed by atoms with E-state index in [2.05, 4.69) is 10.4 Å². The van der Waals surface area contributed by atoms with Crippen LogP contribution in [0.15, 0.2) is 36.4 Å². The minimum absolute atomic E-state index is 0.0655. The number of carboxylic acid groups (broad SMARTS) is 1. The lowest BCUT2D eigenvalue weighted by Crippen LogP contribution is -2.40. The summed E-state index contributed by atoms with van der Waals surface area (Å²) in [4.78, 5) is 36.4. The average Bonchev–Trinajstić information content (AvgIpc) is 3.46. The summed E-state index contributed by atoms with van der Waals surface area (Å²) >= 11 is 0. The molecule has 0 aliphatic heterocycles. The SMILES string of the molecule is CNC(=O)C1(C(N)=O)CC1n1nc(C=Cc2ccc(F)cc2)c2c(OC)c(C(=O)O)ccc21. The van der Waals surface area contributed by atoms with Gasteiger partial charge in [0.05, 0.1) is 29.7 Å². The largest absolute Gasteiger partial charge is 0.495 e. The van der Waals surface area contributed by atoms with Crippen LogP contribution in [0.4, 0.5) is 4.39 Å². The predicted molar refractivity (Wildman–Crippen MR) is 118 cm³/mol. The number of ether oxygens (including phenoxy) is 1. The molecule has 1 aliphatic carbocycles. The lowest BCUT2D eigenvalue weighted by molar-refractivity contribution is -0.135. The van der Waals surface area contributed by atoms with Crippen LogP contribution in [-0.4, -0.2) is 46.8 Å². The zero-order valence-corrected chi connectivity index (χ0v) is 17.8. The monoisotopic (exact) mass is 452 g/mol. The Kier molecular flexibility index (Phi) is 5.36. The van der Waals surface area contributed by atoms with Crippen molar-refractivity contribution in [1.29, 1.82) is 0 Å². The van der Waals surface area contributed by atoms with E-state index in [4.69, 9.17) is 10.5 Å². The Morgan fingerprint density at radius 3 is 2.52 bits per heavy atom. The van der Waals surface area contributed by atoms with Gasteiger partial charge in [0.25, 0.3) is 0 Å². The number of carboxylic acids is 1. The number of fused-ring (bicyclic) bond motifs is 1. The van der Waals surface area contributed by atoms with Gasteiger partial charge in [0.1, 0.15) is 17.1 Å². The molecule has 9 nitrogen and oxygen atoms in total. The lowest BCUT2D eigenvalue weighted by atomic mass is 10.0. The number of carbonyl (C=O) groups is 3. The molecule has 1 heterocycles. The van der Waals surface area contributed by atoms with E-state index in [9.17, 15) is 23.9 Å². The maximum Gasteiger partial charge on any atom is 0.339 e. The number of aromatic nitrogens is 2. The number of halogens is 1. The smallest absolute Gasteiger partial charge is 0.339 e. The van der Waals surface area contributed by atoms with E-state index < -0.39 is 29.2 Å². The number of nitrogens with zero attached hydrogens (tertiary/aromatic N) is 2. The lowest BCUT2D eigenvalue weighted by Gasteiger charge is -2.12. The molecule has 33 heavy (non-hydrogen) atoms. The normalized spacial score (nSPS) is 19.5. The topological polar surface area (TPSA) is 137 Å². The highest BCUT2D eigenvalue weighted by atomic mass is 19.1. The van der Waals surface area contributed by atoms with Crippen molar-refractivity contribution in [2.45, 2.75) is 12.5 Å². The van der Waals surface area contributed by atoms with Crippen molar-refractivity contribution in [1.82, 2.24) is 15.1 Å². The fraction of sp³-hybridized carbons (Fsp3) is 0.217. The van der Waals surface area contributed by atoms with Gasteiger partial charge in [-0.05, 0) is 42.3 Å². The molecular formula is C23H21FN4O5. The van der Waals surface area contributed by atoms with Crippen LogP contribution in [0.2, 0.25) is 0 Å². The molecule has 0 spiro atoms. The molecule has 2 unspecified atom stereocenters. The minimum atomic E-state index is -1.45. The van der Waals surface area contributed by atoms with Gasteiger partial charge in [0.2, 0.25) is 11.8 Å². The van der Waals surface area contributed by atoms with Crippen LogP contribution in [0.25, 0.3) is 23.1 Å². The third-order valence-corrected chi connectivity index (χ3v) is 5.88. The van der Waals surface area contributed by atoms with E-state index in [0.29, 0.717) is 22.2 Å². The van der Waals surface area contributed by atoms with Gasteiger partial charge in [-0.15, -0.1) is 0 Å². The Morgan fingerprint density at radius 2 is 1.94 bits per heavy atom. The second kappa shape index (κ2) is 8.05. The maximum absolute atomic E-state index is 13.2. The number of nitrogens with two attached hydrogens (primary N) is 1. The molecule has 10 heteroatoms. The van der Waals surface area contributed by atoms with Gasteiger partial charge in [-0.1, -0.05) is 18.2 Å². The fourth-order valence-electron chi connectivity index (χ4n) is 4.10. The molecule has 170 valence electrons. The second-order valence-corrected chi connectivity index (χ2v) is 7.69. The van der Waals surface area contributed by atoms with Crippen LogP contribution in [-0.2, 0) is 9.59 Å². The molecule has 4 N–H and O–H groups in total. The van der Waals surface area contributed by atoms with Crippen molar-refractivity contribution in [3.63, 3.8) is 0 Å². The minimum Gasteiger partial charge on any atom is -0.495 e. The van der Waals surface area contributed by atoms with Crippen molar-refractivity contribution in [3.8, 4) is 5.75 Å². The average molecular weight is 452 g/mol. The van der Waals surface area contributed by atoms with Crippen LogP contribution in [0, 0.1) is 11.2 Å². The molecule has 4 rings (SSSR count). The highest BCUT2D eigenvalue weighted by Crippen LogP contribution is 2.57. The number of aromatic carboxylic acids is 1. The number of primary amides is 1. The molecule has 2 aromatic carbocycles. The molecule has 2 atom stereocenters. The zero-order valence-electron chi connectivity index (χ0n) is 17.8. The summed E-state index contributed by atoms with van der Waals surface area (Å²) in [5.41, 5.74) is 5.57. The molecule has 0 radical (unpaired) electrons. The number of amides is 2. The third-order valence-electron chi connectivity index (χ3n) is 5.88. The molecule has 1 fully saturated rings. The maximum atomic E-state index is 13.2. The number of nitrogens with one attached hydrogen (secondary N) is 1. The highest BCUT2D eigenvalue weighted by Gasteiger charge is 2.66. The standard InChI is InChI=1S/C23H21FN4O5/c1-26-22(32)23(21(25)31)11-17(23)28-16-10-8-14(20(29)30)19(33-2)18(16)15(27-28)9-5-12-3-6-13(24)7-4-12/h3-10,17H,11H2,1-2H3,(H2,25,31)(H,26,32)(H,29,30). The van der Waals surface area contributed by atoms with Crippen LogP contribution < -0.4 is 15.8 Å². The number of carbonyl (C=O) groups excluding carboxylic acids is 2. The van der Waals surface area contributed by atoms with Crippen LogP contribution in [0.1, 0.15) is 34.1 Å². The Bertz CT molecular complexity index is 1310. The van der Waals surface area contributed by atoms with Gasteiger partial charge in [-0.2, -0.15) is 5.10 Å². The molecule has 2 amide bonds. The van der Waals surface area contributed by atoms with Crippen molar-refractivity contribution >= 4 is 40.8 Å². The van der Waals surface area contributed by atoms with Crippen molar-refractivity contribution in [2.24, 2.45) is 11.1 Å². The Balaban J connectivity index is 1.91. The summed E-state index contributed by atoms with van der Waals surface area (Å²) in [6, 6.07) is 8.07. The first-order valence-corrected chi connectivity index (χ1v) is 10.0. The fourth-order valence-corrected chi connectivity index (χ4v) is 4.10. The quantitative estimate of drug-likeness (QED) is 0.470. The van der Waals surface area contributed by atoms with Crippen molar-refractivity contribution < 1.29 is 28.6 Å². The predicted octanol–water partition coefficient (Wildman–Crippen LogP) is 2.22. The molecule has 0 saturated heterocycles. The van der Waals surface area contributed by atoms with E-state index in [1.165, 1.54) is 37.0 Å². The summed E-state index contributed by atoms with van der Waals surface area (Å²) in [6.45, 7) is 0. The summed E-state index contributed by atoms with van der Waals surface area (Å²) < 4.78 is 20.2. The van der Waals surface area contributed by atoms with E-state index >= 15 is 0 Å². The van der Waals surface area contributed by atoms with Crippen LogP contribution in [0.5, 0.6) is 5.75 Å². The van der Waals surface area contributed by atoms with E-state index in [-0.39, 0.29) is 23.6 Å². The first-order valence-electron chi connectivity index (χ1n) is 10.0. The van der Waals surface area contributed by atoms with Crippen molar-refractivity contribution in [3.05, 3.63) is 59.0 Å². The molecule has 0 bridgehead atoms. The van der Waals surface area contributed by atoms with Gasteiger partial charge in [0, 0.05) is 7.05 Å².